The van der Waals surface area contributed by atoms with Crippen molar-refractivity contribution >= 4 is 5.91 Å². The quantitative estimate of drug-likeness (QED) is 0.605. The summed E-state index contributed by atoms with van der Waals surface area (Å²) in [4.78, 5) is 13.1. The Morgan fingerprint density at radius 1 is 0.857 bits per heavy atom. The molecule has 3 nitrogen and oxygen atoms in total. The highest BCUT2D eigenvalue weighted by molar-refractivity contribution is 5.82. The summed E-state index contributed by atoms with van der Waals surface area (Å²) < 4.78 is 6.10. The van der Waals surface area contributed by atoms with Gasteiger partial charge in [-0.05, 0) is 48.6 Å². The van der Waals surface area contributed by atoms with E-state index in [0.717, 1.165) is 28.0 Å². The van der Waals surface area contributed by atoms with Crippen LogP contribution in [0.25, 0.3) is 0 Å². The van der Waals surface area contributed by atoms with Crippen LogP contribution in [0.5, 0.6) is 5.75 Å². The molecule has 0 unspecified atom stereocenters. The summed E-state index contributed by atoms with van der Waals surface area (Å²) in [5.41, 5.74) is 4.31. The fourth-order valence-electron chi connectivity index (χ4n) is 3.21. The molecule has 1 atom stereocenters. The molecular weight excluding hydrogens is 346 g/mol. The van der Waals surface area contributed by atoms with Gasteiger partial charge in [0, 0.05) is 0 Å². The van der Waals surface area contributed by atoms with E-state index in [4.69, 9.17) is 4.74 Å². The number of nitrogens with one attached hydrogen (secondary N) is 1. The van der Waals surface area contributed by atoms with Crippen LogP contribution in [-0.2, 0) is 4.79 Å². The molecule has 0 bridgehead atoms. The molecule has 144 valence electrons. The third-order valence-electron chi connectivity index (χ3n) is 5.04. The van der Waals surface area contributed by atoms with Gasteiger partial charge >= 0.3 is 0 Å². The summed E-state index contributed by atoms with van der Waals surface area (Å²) >= 11 is 0. The van der Waals surface area contributed by atoms with Crippen molar-refractivity contribution in [2.75, 3.05) is 0 Å². The van der Waals surface area contributed by atoms with Crippen LogP contribution in [0.1, 0.15) is 41.6 Å². The Kier molecular flexibility index (Phi) is 6.49. The molecule has 3 heteroatoms. The number of carbonyl (C=O) groups is 1. The largest absolute Gasteiger partial charge is 0.480 e. The molecule has 1 amide bonds. The van der Waals surface area contributed by atoms with Crippen LogP contribution in [0.3, 0.4) is 0 Å². The number of carbonyl (C=O) groups excluding carboxylic acids is 1. The minimum Gasteiger partial charge on any atom is -0.480 e. The fraction of sp³-hybridized carbons (Fsp3) is 0.240. The smallest absolute Gasteiger partial charge is 0.261 e. The number of hydrogen-bond acceptors (Lipinski definition) is 2. The number of ether oxygens (including phenoxy) is 1. The Morgan fingerprint density at radius 3 is 1.96 bits per heavy atom. The highest BCUT2D eigenvalue weighted by atomic mass is 16.5. The molecule has 0 aliphatic heterocycles. The first-order valence-electron chi connectivity index (χ1n) is 9.73. The van der Waals surface area contributed by atoms with Gasteiger partial charge in [0.15, 0.2) is 6.10 Å². The van der Waals surface area contributed by atoms with Gasteiger partial charge in [0.1, 0.15) is 5.75 Å². The Morgan fingerprint density at radius 2 is 1.43 bits per heavy atom. The second kappa shape index (κ2) is 9.23. The van der Waals surface area contributed by atoms with Crippen LogP contribution in [-0.4, -0.2) is 12.0 Å². The van der Waals surface area contributed by atoms with Gasteiger partial charge in [0.25, 0.3) is 5.91 Å². The van der Waals surface area contributed by atoms with E-state index in [1.165, 1.54) is 0 Å². The highest BCUT2D eigenvalue weighted by Gasteiger charge is 2.24. The van der Waals surface area contributed by atoms with E-state index in [1.807, 2.05) is 99.6 Å². The minimum atomic E-state index is -0.546. The zero-order chi connectivity index (χ0) is 19.9. The molecule has 3 aromatic carbocycles. The summed E-state index contributed by atoms with van der Waals surface area (Å²) in [5, 5.41) is 3.19. The molecule has 0 spiro atoms. The van der Waals surface area contributed by atoms with Gasteiger partial charge in [-0.15, -0.1) is 0 Å². The van der Waals surface area contributed by atoms with Crippen molar-refractivity contribution in [1.82, 2.24) is 5.32 Å². The minimum absolute atomic E-state index is 0.110. The lowest BCUT2D eigenvalue weighted by atomic mass is 9.98. The molecule has 3 rings (SSSR count). The molecule has 28 heavy (non-hydrogen) atoms. The van der Waals surface area contributed by atoms with E-state index in [-0.39, 0.29) is 11.9 Å². The van der Waals surface area contributed by atoms with Gasteiger partial charge in [0.2, 0.25) is 0 Å². The Balaban J connectivity index is 1.83. The highest BCUT2D eigenvalue weighted by Crippen LogP contribution is 2.25. The zero-order valence-corrected chi connectivity index (χ0v) is 16.7. The first-order valence-corrected chi connectivity index (χ1v) is 9.73. The second-order valence-corrected chi connectivity index (χ2v) is 6.98. The molecule has 1 N–H and O–H groups in total. The average Bonchev–Trinajstić information content (AvgIpc) is 2.74. The van der Waals surface area contributed by atoms with Gasteiger partial charge in [-0.2, -0.15) is 0 Å². The van der Waals surface area contributed by atoms with Crippen molar-refractivity contribution in [1.29, 1.82) is 0 Å². The lowest BCUT2D eigenvalue weighted by molar-refractivity contribution is -0.128. The van der Waals surface area contributed by atoms with Crippen molar-refractivity contribution in [3.63, 3.8) is 0 Å². The lowest BCUT2D eigenvalue weighted by Gasteiger charge is -2.24. The summed E-state index contributed by atoms with van der Waals surface area (Å²) in [6.07, 6.45) is 0.0469. The Bertz CT molecular complexity index is 867. The normalized spacial score (nSPS) is 11.9. The topological polar surface area (TPSA) is 38.3 Å². The number of benzene rings is 3. The van der Waals surface area contributed by atoms with E-state index >= 15 is 0 Å². The van der Waals surface area contributed by atoms with Crippen molar-refractivity contribution in [2.24, 2.45) is 0 Å². The third-order valence-corrected chi connectivity index (χ3v) is 5.04. The van der Waals surface area contributed by atoms with E-state index in [9.17, 15) is 4.79 Å². The van der Waals surface area contributed by atoms with Crippen LogP contribution in [0.15, 0.2) is 78.9 Å². The maximum absolute atomic E-state index is 13.1. The Hall–Kier alpha value is -3.07. The number of rotatable bonds is 7. The van der Waals surface area contributed by atoms with Gasteiger partial charge in [-0.1, -0.05) is 79.7 Å². The summed E-state index contributed by atoms with van der Waals surface area (Å²) in [6.45, 7) is 6.03. The number of amides is 1. The number of aryl methyl sites for hydroxylation is 1. The van der Waals surface area contributed by atoms with Crippen LogP contribution in [0.4, 0.5) is 0 Å². The van der Waals surface area contributed by atoms with Gasteiger partial charge < -0.3 is 10.1 Å². The van der Waals surface area contributed by atoms with Crippen LogP contribution in [0, 0.1) is 13.8 Å². The molecule has 0 saturated carbocycles. The van der Waals surface area contributed by atoms with Crippen molar-refractivity contribution in [3.8, 4) is 5.75 Å². The van der Waals surface area contributed by atoms with Crippen molar-refractivity contribution in [3.05, 3.63) is 101 Å². The van der Waals surface area contributed by atoms with E-state index in [0.29, 0.717) is 6.42 Å². The number of hydrogen-bond donors (Lipinski definition) is 1. The van der Waals surface area contributed by atoms with Crippen LogP contribution >= 0.6 is 0 Å². The zero-order valence-electron chi connectivity index (χ0n) is 16.7. The van der Waals surface area contributed by atoms with E-state index in [1.54, 1.807) is 0 Å². The molecule has 0 heterocycles. The molecule has 0 radical (unpaired) electrons. The van der Waals surface area contributed by atoms with Gasteiger partial charge in [-0.3, -0.25) is 4.79 Å². The SMILES string of the molecule is CC[C@H](Oc1cccc(C)c1C)C(=O)NC(c1ccccc1)c1ccccc1. The average molecular weight is 373 g/mol. The first-order chi connectivity index (χ1) is 13.6. The van der Waals surface area contributed by atoms with Crippen LogP contribution in [0.2, 0.25) is 0 Å². The van der Waals surface area contributed by atoms with E-state index in [2.05, 4.69) is 5.32 Å². The third kappa shape index (κ3) is 4.61. The second-order valence-electron chi connectivity index (χ2n) is 6.98. The Labute approximate surface area is 167 Å². The predicted octanol–water partition coefficient (Wildman–Crippen LogP) is 5.37. The molecule has 0 aliphatic rings. The van der Waals surface area contributed by atoms with E-state index < -0.39 is 6.10 Å². The molecule has 0 aliphatic carbocycles. The molecule has 0 aromatic heterocycles. The standard InChI is InChI=1S/C25H27NO2/c1-4-22(28-23-17-11-12-18(2)19(23)3)25(27)26-24(20-13-7-5-8-14-20)21-15-9-6-10-16-21/h5-17,22,24H,4H2,1-3H3,(H,26,27)/t22-/m0/s1. The monoisotopic (exact) mass is 373 g/mol. The van der Waals surface area contributed by atoms with Gasteiger partial charge in [0.05, 0.1) is 6.04 Å². The lowest BCUT2D eigenvalue weighted by Crippen LogP contribution is -2.40. The molecule has 0 saturated heterocycles. The predicted molar refractivity (Wildman–Crippen MR) is 113 cm³/mol. The summed E-state index contributed by atoms with van der Waals surface area (Å²) in [5.74, 6) is 0.652. The van der Waals surface area contributed by atoms with Crippen LogP contribution < -0.4 is 10.1 Å². The maximum atomic E-state index is 13.1. The van der Waals surface area contributed by atoms with Crippen molar-refractivity contribution in [2.45, 2.75) is 39.3 Å². The molecule has 0 fully saturated rings. The molecule has 3 aromatic rings. The summed E-state index contributed by atoms with van der Waals surface area (Å²) in [6, 6.07) is 25.7. The fourth-order valence-corrected chi connectivity index (χ4v) is 3.21. The first kappa shape index (κ1) is 19.7. The maximum Gasteiger partial charge on any atom is 0.261 e. The summed E-state index contributed by atoms with van der Waals surface area (Å²) in [7, 11) is 0. The molecular formula is C25H27NO2. The van der Waals surface area contributed by atoms with Gasteiger partial charge in [-0.25, -0.2) is 0 Å². The van der Waals surface area contributed by atoms with Crippen molar-refractivity contribution < 1.29 is 9.53 Å².